The predicted molar refractivity (Wildman–Crippen MR) is 112 cm³/mol. The van der Waals surface area contributed by atoms with Gasteiger partial charge in [-0.3, -0.25) is 19.1 Å². The Morgan fingerprint density at radius 1 is 1.14 bits per heavy atom. The number of thioether (sulfide) groups is 1. The molecule has 1 aliphatic carbocycles. The van der Waals surface area contributed by atoms with Crippen LogP contribution in [0.2, 0.25) is 0 Å². The van der Waals surface area contributed by atoms with E-state index in [2.05, 4.69) is 9.88 Å². The summed E-state index contributed by atoms with van der Waals surface area (Å²) in [5.74, 6) is 0.816. The van der Waals surface area contributed by atoms with Crippen molar-refractivity contribution < 1.29 is 4.79 Å². The van der Waals surface area contributed by atoms with E-state index < -0.39 is 0 Å². The molecule has 154 valence electrons. The monoisotopic (exact) mass is 404 g/mol. The van der Waals surface area contributed by atoms with E-state index in [0.29, 0.717) is 13.0 Å². The van der Waals surface area contributed by atoms with E-state index >= 15 is 0 Å². The molecule has 0 bridgehead atoms. The van der Waals surface area contributed by atoms with E-state index in [4.69, 9.17) is 0 Å². The summed E-state index contributed by atoms with van der Waals surface area (Å²) in [6.45, 7) is 8.01. The number of fused-ring (bicyclic) bond motifs is 1. The molecule has 1 atom stereocenters. The van der Waals surface area contributed by atoms with E-state index in [0.717, 1.165) is 54.4 Å². The van der Waals surface area contributed by atoms with Crippen LogP contribution in [0.3, 0.4) is 0 Å². The highest BCUT2D eigenvalue weighted by atomic mass is 32.2. The van der Waals surface area contributed by atoms with Gasteiger partial charge in [0.2, 0.25) is 5.91 Å². The van der Waals surface area contributed by atoms with Crippen LogP contribution in [0.4, 0.5) is 0 Å². The van der Waals surface area contributed by atoms with Crippen molar-refractivity contribution in [2.24, 2.45) is 5.92 Å². The van der Waals surface area contributed by atoms with Gasteiger partial charge >= 0.3 is 0 Å². The van der Waals surface area contributed by atoms with Crippen molar-refractivity contribution in [1.82, 2.24) is 19.4 Å². The zero-order chi connectivity index (χ0) is 19.7. The summed E-state index contributed by atoms with van der Waals surface area (Å²) in [7, 11) is 0. The molecular formula is C21H32N4O2S. The molecule has 3 aliphatic rings. The molecule has 7 heteroatoms. The number of aryl methyl sites for hydroxylation is 1. The second-order valence-electron chi connectivity index (χ2n) is 8.39. The molecule has 1 unspecified atom stereocenters. The van der Waals surface area contributed by atoms with Gasteiger partial charge in [0.15, 0.2) is 5.16 Å². The van der Waals surface area contributed by atoms with Gasteiger partial charge in [0.1, 0.15) is 0 Å². The molecule has 6 nitrogen and oxygen atoms in total. The van der Waals surface area contributed by atoms with Crippen molar-refractivity contribution >= 4 is 17.7 Å². The minimum absolute atomic E-state index is 0.0390. The molecule has 28 heavy (non-hydrogen) atoms. The highest BCUT2D eigenvalue weighted by Crippen LogP contribution is 2.28. The topological polar surface area (TPSA) is 58.4 Å². The fourth-order valence-corrected chi connectivity index (χ4v) is 6.08. The van der Waals surface area contributed by atoms with Crippen LogP contribution < -0.4 is 5.56 Å². The van der Waals surface area contributed by atoms with Crippen LogP contribution in [0.25, 0.3) is 0 Å². The second-order valence-corrected chi connectivity index (χ2v) is 9.38. The zero-order valence-corrected chi connectivity index (χ0v) is 18.0. The van der Waals surface area contributed by atoms with Crippen molar-refractivity contribution in [3.8, 4) is 0 Å². The fraction of sp³-hybridized carbons (Fsp3) is 0.762. The van der Waals surface area contributed by atoms with Crippen molar-refractivity contribution in [2.75, 3.05) is 31.9 Å². The third kappa shape index (κ3) is 3.88. The standard InChI is InChI=1S/C21H32N4O2S/c1-3-18-15(2)22-21-25(20(18)27)13-16(14-28-21)19(26)24-11-9-23(10-12-24)17-7-5-4-6-8-17/h16-17H,3-14H2,1-2H3. The largest absolute Gasteiger partial charge is 0.340 e. The van der Waals surface area contributed by atoms with Gasteiger partial charge in [-0.05, 0) is 26.2 Å². The molecule has 2 fully saturated rings. The lowest BCUT2D eigenvalue weighted by Gasteiger charge is -2.41. The van der Waals surface area contributed by atoms with E-state index in [1.54, 1.807) is 16.3 Å². The summed E-state index contributed by atoms with van der Waals surface area (Å²) in [4.78, 5) is 35.2. The maximum atomic E-state index is 13.1. The van der Waals surface area contributed by atoms with Gasteiger partial charge in [-0.25, -0.2) is 4.98 Å². The lowest BCUT2D eigenvalue weighted by atomic mass is 9.94. The summed E-state index contributed by atoms with van der Waals surface area (Å²) < 4.78 is 1.74. The third-order valence-electron chi connectivity index (χ3n) is 6.67. The Morgan fingerprint density at radius 2 is 1.86 bits per heavy atom. The molecule has 1 aromatic rings. The molecule has 1 amide bonds. The van der Waals surface area contributed by atoms with Crippen LogP contribution in [0.1, 0.15) is 50.3 Å². The number of hydrogen-bond donors (Lipinski definition) is 0. The van der Waals surface area contributed by atoms with Gasteiger partial charge in [0.25, 0.3) is 5.56 Å². The Morgan fingerprint density at radius 3 is 2.54 bits per heavy atom. The summed E-state index contributed by atoms with van der Waals surface area (Å²) in [6.07, 6.45) is 7.40. The Balaban J connectivity index is 1.40. The van der Waals surface area contributed by atoms with Gasteiger partial charge < -0.3 is 4.90 Å². The van der Waals surface area contributed by atoms with Gasteiger partial charge in [-0.2, -0.15) is 0 Å². The summed E-state index contributed by atoms with van der Waals surface area (Å²) in [5, 5.41) is 0.769. The van der Waals surface area contributed by atoms with E-state index in [9.17, 15) is 9.59 Å². The van der Waals surface area contributed by atoms with Crippen molar-refractivity contribution in [3.63, 3.8) is 0 Å². The van der Waals surface area contributed by atoms with Crippen LogP contribution in [-0.4, -0.2) is 63.2 Å². The second kappa shape index (κ2) is 8.57. The number of amides is 1. The molecule has 0 N–H and O–H groups in total. The Hall–Kier alpha value is -1.34. The number of carbonyl (C=O) groups is 1. The minimum Gasteiger partial charge on any atom is -0.340 e. The highest BCUT2D eigenvalue weighted by molar-refractivity contribution is 7.99. The Bertz CT molecular complexity index is 779. The van der Waals surface area contributed by atoms with Gasteiger partial charge in [-0.15, -0.1) is 0 Å². The maximum Gasteiger partial charge on any atom is 0.257 e. The van der Waals surface area contributed by atoms with Crippen molar-refractivity contribution in [3.05, 3.63) is 21.6 Å². The van der Waals surface area contributed by atoms with Crippen LogP contribution in [0.15, 0.2) is 9.95 Å². The van der Waals surface area contributed by atoms with Gasteiger partial charge in [-0.1, -0.05) is 37.9 Å². The molecule has 4 rings (SSSR count). The first-order chi connectivity index (χ1) is 13.6. The SMILES string of the molecule is CCc1c(C)nc2n(c1=O)CC(C(=O)N1CCN(C3CCCCC3)CC1)CS2. The quantitative estimate of drug-likeness (QED) is 0.724. The van der Waals surface area contributed by atoms with E-state index in [1.165, 1.54) is 32.1 Å². The minimum atomic E-state index is -0.120. The molecule has 0 aromatic carbocycles. The van der Waals surface area contributed by atoms with Gasteiger partial charge in [0.05, 0.1) is 5.92 Å². The number of rotatable bonds is 3. The summed E-state index contributed by atoms with van der Waals surface area (Å²) >= 11 is 1.55. The number of aromatic nitrogens is 2. The number of carbonyl (C=O) groups excluding carboxylic acids is 1. The fourth-order valence-electron chi connectivity index (χ4n) is 4.96. The molecule has 0 radical (unpaired) electrons. The Kier molecular flexibility index (Phi) is 6.11. The first kappa shape index (κ1) is 20.0. The van der Waals surface area contributed by atoms with Crippen molar-refractivity contribution in [1.29, 1.82) is 0 Å². The summed E-state index contributed by atoms with van der Waals surface area (Å²) in [5.41, 5.74) is 1.64. The lowest BCUT2D eigenvalue weighted by molar-refractivity contribution is -0.137. The van der Waals surface area contributed by atoms with Crippen molar-refractivity contribution in [2.45, 2.75) is 70.1 Å². The maximum absolute atomic E-state index is 13.1. The van der Waals surface area contributed by atoms with Crippen LogP contribution in [0.5, 0.6) is 0 Å². The highest BCUT2D eigenvalue weighted by Gasteiger charge is 2.33. The molecule has 1 saturated carbocycles. The Labute approximate surface area is 171 Å². The third-order valence-corrected chi connectivity index (χ3v) is 7.81. The lowest BCUT2D eigenvalue weighted by Crippen LogP contribution is -2.54. The van der Waals surface area contributed by atoms with Gasteiger partial charge in [0, 0.05) is 55.8 Å². The van der Waals surface area contributed by atoms with E-state index in [1.807, 2.05) is 18.7 Å². The number of nitrogens with zero attached hydrogens (tertiary/aromatic N) is 4. The van der Waals surface area contributed by atoms with Crippen LogP contribution in [-0.2, 0) is 17.8 Å². The molecule has 0 spiro atoms. The zero-order valence-electron chi connectivity index (χ0n) is 17.2. The molecule has 3 heterocycles. The normalized spacial score (nSPS) is 24.2. The predicted octanol–water partition coefficient (Wildman–Crippen LogP) is 2.31. The first-order valence-electron chi connectivity index (χ1n) is 10.8. The molecule has 2 aliphatic heterocycles. The van der Waals surface area contributed by atoms with E-state index in [-0.39, 0.29) is 17.4 Å². The van der Waals surface area contributed by atoms with Crippen LogP contribution >= 0.6 is 11.8 Å². The average molecular weight is 405 g/mol. The number of piperazine rings is 1. The molecule has 1 aromatic heterocycles. The molecular weight excluding hydrogens is 372 g/mol. The molecule has 1 saturated heterocycles. The number of hydrogen-bond acceptors (Lipinski definition) is 5. The summed E-state index contributed by atoms with van der Waals surface area (Å²) in [6, 6.07) is 0.725. The van der Waals surface area contributed by atoms with Crippen LogP contribution in [0, 0.1) is 12.8 Å². The average Bonchev–Trinajstić information content (AvgIpc) is 2.74. The first-order valence-corrected chi connectivity index (χ1v) is 11.8. The smallest absolute Gasteiger partial charge is 0.257 e.